The number of hydrogen-bond acceptors (Lipinski definition) is 2. The van der Waals surface area contributed by atoms with Crippen LogP contribution in [0.3, 0.4) is 0 Å². The maximum absolute atomic E-state index is 5.97. The summed E-state index contributed by atoms with van der Waals surface area (Å²) in [5.41, 5.74) is 3.19. The molecule has 0 aliphatic rings. The highest BCUT2D eigenvalue weighted by molar-refractivity contribution is 6.31. The molecule has 20 heavy (non-hydrogen) atoms. The molecule has 3 rings (SSSR count). The summed E-state index contributed by atoms with van der Waals surface area (Å²) in [5.74, 6) is 0.921. The van der Waals surface area contributed by atoms with Crippen LogP contribution in [-0.2, 0) is 6.54 Å². The van der Waals surface area contributed by atoms with Gasteiger partial charge in [-0.2, -0.15) is 0 Å². The summed E-state index contributed by atoms with van der Waals surface area (Å²) < 4.78 is 0. The first-order chi connectivity index (χ1) is 9.72. The molecule has 0 aliphatic heterocycles. The molecular formula is C16H16ClN3. The van der Waals surface area contributed by atoms with Crippen LogP contribution < -0.4 is 5.32 Å². The van der Waals surface area contributed by atoms with Gasteiger partial charge in [0.15, 0.2) is 0 Å². The van der Waals surface area contributed by atoms with E-state index in [4.69, 9.17) is 11.6 Å². The highest BCUT2D eigenvalue weighted by atomic mass is 35.5. The van der Waals surface area contributed by atoms with Gasteiger partial charge in [0, 0.05) is 11.1 Å². The number of benzene rings is 2. The zero-order valence-corrected chi connectivity index (χ0v) is 12.0. The van der Waals surface area contributed by atoms with E-state index in [2.05, 4.69) is 46.5 Å². The average Bonchev–Trinajstić information content (AvgIpc) is 2.87. The van der Waals surface area contributed by atoms with Crippen molar-refractivity contribution in [3.8, 4) is 0 Å². The van der Waals surface area contributed by atoms with Gasteiger partial charge < -0.3 is 10.3 Å². The number of nitrogens with one attached hydrogen (secondary N) is 2. The molecule has 2 N–H and O–H groups in total. The van der Waals surface area contributed by atoms with Gasteiger partial charge in [0.05, 0.1) is 17.6 Å². The van der Waals surface area contributed by atoms with Crippen LogP contribution >= 0.6 is 11.6 Å². The van der Waals surface area contributed by atoms with Gasteiger partial charge in [-0.1, -0.05) is 41.9 Å². The Labute approximate surface area is 123 Å². The molecule has 102 valence electrons. The molecule has 1 unspecified atom stereocenters. The van der Waals surface area contributed by atoms with E-state index < -0.39 is 0 Å². The lowest BCUT2D eigenvalue weighted by molar-refractivity contribution is 0.563. The second-order valence-corrected chi connectivity index (χ2v) is 5.29. The van der Waals surface area contributed by atoms with Crippen molar-refractivity contribution in [1.82, 2.24) is 15.3 Å². The Morgan fingerprint density at radius 2 is 2.00 bits per heavy atom. The standard InChI is InChI=1S/C16H16ClN3/c1-11(12-5-3-2-4-6-12)18-10-16-19-14-8-7-13(17)9-15(14)20-16/h2-9,11,18H,10H2,1H3,(H,19,20). The summed E-state index contributed by atoms with van der Waals surface area (Å²) >= 11 is 5.97. The van der Waals surface area contributed by atoms with Crippen molar-refractivity contribution in [3.05, 3.63) is 64.9 Å². The second kappa shape index (κ2) is 5.65. The van der Waals surface area contributed by atoms with Gasteiger partial charge in [-0.15, -0.1) is 0 Å². The van der Waals surface area contributed by atoms with Crippen LogP contribution in [0, 0.1) is 0 Å². The van der Waals surface area contributed by atoms with Crippen molar-refractivity contribution in [2.24, 2.45) is 0 Å². The predicted octanol–water partition coefficient (Wildman–Crippen LogP) is 4.07. The Kier molecular flexibility index (Phi) is 3.72. The Balaban J connectivity index is 1.71. The number of nitrogens with zero attached hydrogens (tertiary/aromatic N) is 1. The third-order valence-corrected chi connectivity index (χ3v) is 3.60. The minimum Gasteiger partial charge on any atom is -0.341 e. The molecule has 0 saturated carbocycles. The Morgan fingerprint density at radius 3 is 2.80 bits per heavy atom. The topological polar surface area (TPSA) is 40.7 Å². The molecule has 0 bridgehead atoms. The summed E-state index contributed by atoms with van der Waals surface area (Å²) in [4.78, 5) is 7.83. The number of H-pyrrole nitrogens is 1. The van der Waals surface area contributed by atoms with E-state index in [1.807, 2.05) is 24.3 Å². The van der Waals surface area contributed by atoms with E-state index in [0.29, 0.717) is 6.54 Å². The number of hydrogen-bond donors (Lipinski definition) is 2. The van der Waals surface area contributed by atoms with Gasteiger partial charge in [-0.3, -0.25) is 0 Å². The lowest BCUT2D eigenvalue weighted by Gasteiger charge is -2.12. The normalized spacial score (nSPS) is 12.7. The van der Waals surface area contributed by atoms with Crippen LogP contribution in [0.4, 0.5) is 0 Å². The van der Waals surface area contributed by atoms with Crippen LogP contribution in [-0.4, -0.2) is 9.97 Å². The van der Waals surface area contributed by atoms with Gasteiger partial charge in [-0.25, -0.2) is 4.98 Å². The molecule has 1 heterocycles. The van der Waals surface area contributed by atoms with E-state index >= 15 is 0 Å². The largest absolute Gasteiger partial charge is 0.341 e. The molecule has 0 fully saturated rings. The smallest absolute Gasteiger partial charge is 0.121 e. The third-order valence-electron chi connectivity index (χ3n) is 3.37. The van der Waals surface area contributed by atoms with Crippen LogP contribution in [0.2, 0.25) is 5.02 Å². The number of halogens is 1. The lowest BCUT2D eigenvalue weighted by Crippen LogP contribution is -2.18. The van der Waals surface area contributed by atoms with E-state index in [1.54, 1.807) is 0 Å². The van der Waals surface area contributed by atoms with Crippen molar-refractivity contribution in [1.29, 1.82) is 0 Å². The van der Waals surface area contributed by atoms with Crippen molar-refractivity contribution >= 4 is 22.6 Å². The van der Waals surface area contributed by atoms with Gasteiger partial charge >= 0.3 is 0 Å². The zero-order valence-electron chi connectivity index (χ0n) is 11.2. The highest BCUT2D eigenvalue weighted by Gasteiger charge is 2.07. The van der Waals surface area contributed by atoms with E-state index in [1.165, 1.54) is 5.56 Å². The van der Waals surface area contributed by atoms with Crippen molar-refractivity contribution in [2.75, 3.05) is 0 Å². The average molecular weight is 286 g/mol. The molecule has 0 spiro atoms. The van der Waals surface area contributed by atoms with E-state index in [9.17, 15) is 0 Å². The maximum atomic E-state index is 5.97. The van der Waals surface area contributed by atoms with E-state index in [-0.39, 0.29) is 6.04 Å². The minimum atomic E-state index is 0.285. The lowest BCUT2D eigenvalue weighted by atomic mass is 10.1. The summed E-state index contributed by atoms with van der Waals surface area (Å²) in [6.07, 6.45) is 0. The minimum absolute atomic E-state index is 0.285. The zero-order chi connectivity index (χ0) is 13.9. The molecule has 3 aromatic rings. The first-order valence-corrected chi connectivity index (χ1v) is 7.02. The predicted molar refractivity (Wildman–Crippen MR) is 82.8 cm³/mol. The quantitative estimate of drug-likeness (QED) is 0.759. The molecule has 0 aliphatic carbocycles. The SMILES string of the molecule is CC(NCc1nc2ccc(Cl)cc2[nH]1)c1ccccc1. The van der Waals surface area contributed by atoms with Crippen LogP contribution in [0.15, 0.2) is 48.5 Å². The first kappa shape index (κ1) is 13.2. The highest BCUT2D eigenvalue weighted by Crippen LogP contribution is 2.18. The number of aromatic amines is 1. The van der Waals surface area contributed by atoms with Crippen LogP contribution in [0.1, 0.15) is 24.4 Å². The fourth-order valence-corrected chi connectivity index (χ4v) is 2.40. The molecule has 0 radical (unpaired) electrons. The molecule has 0 saturated heterocycles. The van der Waals surface area contributed by atoms with Crippen molar-refractivity contribution < 1.29 is 0 Å². The number of rotatable bonds is 4. The molecular weight excluding hydrogens is 270 g/mol. The molecule has 4 heteroatoms. The third kappa shape index (κ3) is 2.84. The summed E-state index contributed by atoms with van der Waals surface area (Å²) in [5, 5.41) is 4.18. The Bertz CT molecular complexity index is 706. The van der Waals surface area contributed by atoms with Crippen molar-refractivity contribution in [2.45, 2.75) is 19.5 Å². The fraction of sp³-hybridized carbons (Fsp3) is 0.188. The fourth-order valence-electron chi connectivity index (χ4n) is 2.23. The molecule has 2 aromatic carbocycles. The van der Waals surface area contributed by atoms with E-state index in [0.717, 1.165) is 21.9 Å². The molecule has 1 aromatic heterocycles. The van der Waals surface area contributed by atoms with Gasteiger partial charge in [0.1, 0.15) is 5.82 Å². The van der Waals surface area contributed by atoms with Crippen LogP contribution in [0.25, 0.3) is 11.0 Å². The summed E-state index contributed by atoms with van der Waals surface area (Å²) in [6.45, 7) is 2.84. The van der Waals surface area contributed by atoms with Crippen LogP contribution in [0.5, 0.6) is 0 Å². The monoisotopic (exact) mass is 285 g/mol. The summed E-state index contributed by atoms with van der Waals surface area (Å²) in [7, 11) is 0. The van der Waals surface area contributed by atoms with Crippen molar-refractivity contribution in [3.63, 3.8) is 0 Å². The summed E-state index contributed by atoms with van der Waals surface area (Å²) in [6, 6.07) is 16.3. The second-order valence-electron chi connectivity index (χ2n) is 4.86. The molecule has 1 atom stereocenters. The van der Waals surface area contributed by atoms with Gasteiger partial charge in [0.2, 0.25) is 0 Å². The number of aromatic nitrogens is 2. The van der Waals surface area contributed by atoms with Gasteiger partial charge in [0.25, 0.3) is 0 Å². The Hall–Kier alpha value is -1.84. The number of fused-ring (bicyclic) bond motifs is 1. The molecule has 0 amide bonds. The first-order valence-electron chi connectivity index (χ1n) is 6.65. The van der Waals surface area contributed by atoms with Gasteiger partial charge in [-0.05, 0) is 30.7 Å². The Morgan fingerprint density at radius 1 is 1.20 bits per heavy atom. The number of imidazole rings is 1. The maximum Gasteiger partial charge on any atom is 0.121 e. The molecule has 3 nitrogen and oxygen atoms in total.